The molecule has 2 N–H and O–H groups in total. The van der Waals surface area contributed by atoms with Crippen molar-refractivity contribution in [3.8, 4) is 0 Å². The van der Waals surface area contributed by atoms with Gasteiger partial charge in [-0.15, -0.1) is 0 Å². The molecule has 0 saturated heterocycles. The number of rotatable bonds is 7. The van der Waals surface area contributed by atoms with Gasteiger partial charge < -0.3 is 15.4 Å². The number of esters is 1. The summed E-state index contributed by atoms with van der Waals surface area (Å²) in [6, 6.07) is 13.9. The van der Waals surface area contributed by atoms with Gasteiger partial charge in [-0.05, 0) is 48.2 Å². The second-order valence-corrected chi connectivity index (χ2v) is 6.68. The summed E-state index contributed by atoms with van der Waals surface area (Å²) in [6.07, 6.45) is 0.940. The molecule has 0 spiro atoms. The number of benzene rings is 2. The van der Waals surface area contributed by atoms with Crippen molar-refractivity contribution in [3.05, 3.63) is 59.7 Å². The van der Waals surface area contributed by atoms with E-state index in [9.17, 15) is 14.4 Å². The third-order valence-electron chi connectivity index (χ3n) is 3.63. The third-order valence-corrected chi connectivity index (χ3v) is 3.63. The average molecular weight is 368 g/mol. The maximum absolute atomic E-state index is 12.1. The molecule has 0 aliphatic carbocycles. The Hall–Kier alpha value is -3.15. The van der Waals surface area contributed by atoms with Gasteiger partial charge in [-0.1, -0.05) is 32.0 Å². The van der Waals surface area contributed by atoms with E-state index in [-0.39, 0.29) is 5.91 Å². The van der Waals surface area contributed by atoms with Gasteiger partial charge in [0.15, 0.2) is 6.61 Å². The molecule has 6 nitrogen and oxygen atoms in total. The van der Waals surface area contributed by atoms with Crippen LogP contribution in [0.2, 0.25) is 0 Å². The summed E-state index contributed by atoms with van der Waals surface area (Å²) in [6.45, 7) is 5.27. The molecule has 0 aromatic heterocycles. The Morgan fingerprint density at radius 3 is 2.19 bits per heavy atom. The van der Waals surface area contributed by atoms with Gasteiger partial charge in [-0.2, -0.15) is 0 Å². The summed E-state index contributed by atoms with van der Waals surface area (Å²) in [5.41, 5.74) is 2.63. The zero-order valence-corrected chi connectivity index (χ0v) is 15.7. The summed E-state index contributed by atoms with van der Waals surface area (Å²) < 4.78 is 5.06. The molecule has 2 aromatic rings. The van der Waals surface area contributed by atoms with E-state index < -0.39 is 18.5 Å². The Morgan fingerprint density at radius 2 is 1.59 bits per heavy atom. The van der Waals surface area contributed by atoms with E-state index in [1.165, 1.54) is 6.92 Å². The molecule has 0 aliphatic rings. The van der Waals surface area contributed by atoms with Gasteiger partial charge >= 0.3 is 5.97 Å². The zero-order chi connectivity index (χ0) is 19.8. The largest absolute Gasteiger partial charge is 0.452 e. The Morgan fingerprint density at radius 1 is 0.963 bits per heavy atom. The molecule has 2 aromatic carbocycles. The van der Waals surface area contributed by atoms with Crippen molar-refractivity contribution in [2.45, 2.75) is 27.2 Å². The second kappa shape index (κ2) is 9.52. The van der Waals surface area contributed by atoms with Crippen LogP contribution in [0.1, 0.15) is 36.7 Å². The first kappa shape index (κ1) is 20.2. The Balaban J connectivity index is 1.86. The van der Waals surface area contributed by atoms with Crippen molar-refractivity contribution in [3.63, 3.8) is 0 Å². The van der Waals surface area contributed by atoms with Gasteiger partial charge in [0, 0.05) is 18.3 Å². The summed E-state index contributed by atoms with van der Waals surface area (Å²) in [5.74, 6) is -0.671. The van der Waals surface area contributed by atoms with Crippen LogP contribution in [0.3, 0.4) is 0 Å². The van der Waals surface area contributed by atoms with Crippen molar-refractivity contribution in [1.29, 1.82) is 0 Å². The number of anilines is 2. The molecule has 2 amide bonds. The highest BCUT2D eigenvalue weighted by atomic mass is 16.5. The van der Waals surface area contributed by atoms with Gasteiger partial charge in [0.25, 0.3) is 5.91 Å². The molecule has 0 radical (unpaired) electrons. The Bertz CT molecular complexity index is 813. The summed E-state index contributed by atoms with van der Waals surface area (Å²) >= 11 is 0. The first-order chi connectivity index (χ1) is 12.8. The van der Waals surface area contributed by atoms with Crippen LogP contribution in [0.25, 0.3) is 0 Å². The number of hydrogen-bond acceptors (Lipinski definition) is 4. The van der Waals surface area contributed by atoms with Gasteiger partial charge in [-0.25, -0.2) is 4.79 Å². The average Bonchev–Trinajstić information content (AvgIpc) is 2.59. The van der Waals surface area contributed by atoms with E-state index in [0.717, 1.165) is 12.0 Å². The monoisotopic (exact) mass is 368 g/mol. The summed E-state index contributed by atoms with van der Waals surface area (Å²) in [4.78, 5) is 35.1. The lowest BCUT2D eigenvalue weighted by Crippen LogP contribution is -2.21. The lowest BCUT2D eigenvalue weighted by Gasteiger charge is -2.09. The minimum Gasteiger partial charge on any atom is -0.452 e. The van der Waals surface area contributed by atoms with E-state index in [1.807, 2.05) is 12.1 Å². The highest BCUT2D eigenvalue weighted by Gasteiger charge is 2.11. The number of carbonyl (C=O) groups excluding carboxylic acids is 3. The van der Waals surface area contributed by atoms with E-state index in [0.29, 0.717) is 22.9 Å². The molecule has 0 bridgehead atoms. The predicted octanol–water partition coefficient (Wildman–Crippen LogP) is 3.64. The van der Waals surface area contributed by atoms with Crippen molar-refractivity contribution in [2.75, 3.05) is 17.2 Å². The van der Waals surface area contributed by atoms with Crippen LogP contribution in [0, 0.1) is 5.92 Å². The molecule has 2 rings (SSSR count). The van der Waals surface area contributed by atoms with Gasteiger partial charge in [-0.3, -0.25) is 9.59 Å². The first-order valence-corrected chi connectivity index (χ1v) is 8.77. The number of ether oxygens (including phenoxy) is 1. The minimum absolute atomic E-state index is 0.202. The predicted molar refractivity (Wildman–Crippen MR) is 105 cm³/mol. The maximum atomic E-state index is 12.1. The summed E-state index contributed by atoms with van der Waals surface area (Å²) in [5, 5.41) is 5.26. The van der Waals surface area contributed by atoms with Crippen molar-refractivity contribution < 1.29 is 19.1 Å². The van der Waals surface area contributed by atoms with Gasteiger partial charge in [0.1, 0.15) is 0 Å². The molecule has 0 unspecified atom stereocenters. The quantitative estimate of drug-likeness (QED) is 0.731. The lowest BCUT2D eigenvalue weighted by molar-refractivity contribution is -0.119. The normalized spacial score (nSPS) is 10.4. The van der Waals surface area contributed by atoms with Crippen LogP contribution in [0.5, 0.6) is 0 Å². The van der Waals surface area contributed by atoms with Crippen LogP contribution >= 0.6 is 0 Å². The van der Waals surface area contributed by atoms with Crippen molar-refractivity contribution >= 4 is 29.2 Å². The fraction of sp³-hybridized carbons (Fsp3) is 0.286. The fourth-order valence-corrected chi connectivity index (χ4v) is 2.54. The molecule has 0 fully saturated rings. The molecule has 6 heteroatoms. The van der Waals surface area contributed by atoms with Crippen LogP contribution in [-0.2, 0) is 20.7 Å². The molecule has 27 heavy (non-hydrogen) atoms. The Labute approximate surface area is 158 Å². The van der Waals surface area contributed by atoms with Crippen LogP contribution in [0.4, 0.5) is 11.4 Å². The number of amides is 2. The van der Waals surface area contributed by atoms with Gasteiger partial charge in [0.05, 0.1) is 5.56 Å². The number of nitrogens with one attached hydrogen (secondary N) is 2. The zero-order valence-electron chi connectivity index (χ0n) is 15.7. The second-order valence-electron chi connectivity index (χ2n) is 6.68. The van der Waals surface area contributed by atoms with Crippen molar-refractivity contribution in [2.24, 2.45) is 5.92 Å². The highest BCUT2D eigenvalue weighted by molar-refractivity contribution is 5.96. The standard InChI is InChI=1S/C21H24N2O4/c1-14(2)11-16-7-9-17(10-8-16)21(26)27-13-20(25)23-19-6-4-5-18(12-19)22-15(3)24/h4-10,12,14H,11,13H2,1-3H3,(H,22,24)(H,23,25). The van der Waals surface area contributed by atoms with E-state index in [4.69, 9.17) is 4.74 Å². The smallest absolute Gasteiger partial charge is 0.338 e. The molecular formula is C21H24N2O4. The van der Waals surface area contributed by atoms with E-state index >= 15 is 0 Å². The molecular weight excluding hydrogens is 344 g/mol. The summed E-state index contributed by atoms with van der Waals surface area (Å²) in [7, 11) is 0. The number of hydrogen-bond donors (Lipinski definition) is 2. The minimum atomic E-state index is -0.548. The molecule has 0 heterocycles. The van der Waals surface area contributed by atoms with Crippen LogP contribution in [-0.4, -0.2) is 24.4 Å². The molecule has 142 valence electrons. The Kier molecular flexibility index (Phi) is 7.11. The maximum Gasteiger partial charge on any atom is 0.338 e. The third kappa shape index (κ3) is 6.93. The van der Waals surface area contributed by atoms with Crippen LogP contribution in [0.15, 0.2) is 48.5 Å². The SMILES string of the molecule is CC(=O)Nc1cccc(NC(=O)COC(=O)c2ccc(CC(C)C)cc2)c1. The van der Waals surface area contributed by atoms with Crippen LogP contribution < -0.4 is 10.6 Å². The van der Waals surface area contributed by atoms with Crippen molar-refractivity contribution in [1.82, 2.24) is 0 Å². The molecule has 0 atom stereocenters. The van der Waals surface area contributed by atoms with E-state index in [1.54, 1.807) is 36.4 Å². The van der Waals surface area contributed by atoms with E-state index in [2.05, 4.69) is 24.5 Å². The molecule has 0 saturated carbocycles. The fourth-order valence-electron chi connectivity index (χ4n) is 2.54. The first-order valence-electron chi connectivity index (χ1n) is 8.77. The van der Waals surface area contributed by atoms with Gasteiger partial charge in [0.2, 0.25) is 5.91 Å². The number of carbonyl (C=O) groups is 3. The highest BCUT2D eigenvalue weighted by Crippen LogP contribution is 2.15. The molecule has 0 aliphatic heterocycles. The lowest BCUT2D eigenvalue weighted by atomic mass is 10.0. The topological polar surface area (TPSA) is 84.5 Å².